The first-order chi connectivity index (χ1) is 9.47. The van der Waals surface area contributed by atoms with Gasteiger partial charge in [0.1, 0.15) is 12.6 Å². The summed E-state index contributed by atoms with van der Waals surface area (Å²) in [6.45, 7) is 1.46. The molecule has 1 atom stereocenters. The molecule has 1 saturated heterocycles. The number of amides is 3. The average Bonchev–Trinajstić information content (AvgIpc) is 2.42. The predicted octanol–water partition coefficient (Wildman–Crippen LogP) is 1.23. The first-order valence-electron chi connectivity index (χ1n) is 6.05. The Labute approximate surface area is 121 Å². The Morgan fingerprint density at radius 2 is 2.00 bits per heavy atom. The van der Waals surface area contributed by atoms with Gasteiger partial charge in [-0.2, -0.15) is 0 Å². The van der Waals surface area contributed by atoms with E-state index in [1.54, 1.807) is 37.3 Å². The van der Waals surface area contributed by atoms with Gasteiger partial charge in [-0.25, -0.2) is 0 Å². The highest BCUT2D eigenvalue weighted by Crippen LogP contribution is 2.11. The highest BCUT2D eigenvalue weighted by atomic mass is 35.5. The molecule has 6 heteroatoms. The number of hydrogen-bond acceptors (Lipinski definition) is 3. The third-order valence-corrected chi connectivity index (χ3v) is 3.25. The van der Waals surface area contributed by atoms with Gasteiger partial charge >= 0.3 is 0 Å². The minimum atomic E-state index is -0.657. The monoisotopic (exact) mass is 292 g/mol. The molecule has 20 heavy (non-hydrogen) atoms. The number of piperazine rings is 1. The van der Waals surface area contributed by atoms with Crippen LogP contribution >= 0.6 is 11.6 Å². The van der Waals surface area contributed by atoms with Gasteiger partial charge in [-0.15, -0.1) is 0 Å². The summed E-state index contributed by atoms with van der Waals surface area (Å²) in [5.41, 5.74) is 0.809. The smallest absolute Gasteiger partial charge is 0.249 e. The zero-order valence-electron chi connectivity index (χ0n) is 10.8. The summed E-state index contributed by atoms with van der Waals surface area (Å²) < 4.78 is 0. The maximum atomic E-state index is 12.0. The maximum Gasteiger partial charge on any atom is 0.249 e. The van der Waals surface area contributed by atoms with Gasteiger partial charge in [0.2, 0.25) is 17.7 Å². The van der Waals surface area contributed by atoms with E-state index < -0.39 is 17.9 Å². The van der Waals surface area contributed by atoms with Crippen LogP contribution in [0.4, 0.5) is 0 Å². The summed E-state index contributed by atoms with van der Waals surface area (Å²) in [7, 11) is 0. The Bertz CT molecular complexity index is 581. The molecular weight excluding hydrogens is 280 g/mol. The lowest BCUT2D eigenvalue weighted by Gasteiger charge is -2.30. The molecule has 5 nitrogen and oxygen atoms in total. The number of nitrogens with zero attached hydrogens (tertiary/aromatic N) is 1. The van der Waals surface area contributed by atoms with Crippen LogP contribution in [0.25, 0.3) is 6.08 Å². The van der Waals surface area contributed by atoms with Crippen molar-refractivity contribution >= 4 is 35.4 Å². The van der Waals surface area contributed by atoms with Crippen molar-refractivity contribution in [3.8, 4) is 0 Å². The lowest BCUT2D eigenvalue weighted by atomic mass is 10.1. The number of halogens is 1. The average molecular weight is 293 g/mol. The zero-order valence-corrected chi connectivity index (χ0v) is 11.6. The molecule has 3 amide bonds. The topological polar surface area (TPSA) is 66.5 Å². The lowest BCUT2D eigenvalue weighted by molar-refractivity contribution is -0.147. The Kier molecular flexibility index (Phi) is 4.20. The highest BCUT2D eigenvalue weighted by molar-refractivity contribution is 6.30. The molecule has 1 aromatic carbocycles. The van der Waals surface area contributed by atoms with Crippen molar-refractivity contribution < 1.29 is 14.4 Å². The van der Waals surface area contributed by atoms with Gasteiger partial charge in [0.05, 0.1) is 0 Å². The molecule has 1 aliphatic rings. The number of benzene rings is 1. The summed E-state index contributed by atoms with van der Waals surface area (Å²) >= 11 is 5.77. The van der Waals surface area contributed by atoms with Crippen LogP contribution in [0, 0.1) is 0 Å². The van der Waals surface area contributed by atoms with Gasteiger partial charge in [-0.3, -0.25) is 19.7 Å². The van der Waals surface area contributed by atoms with Crippen LogP contribution < -0.4 is 5.32 Å². The Morgan fingerprint density at radius 3 is 2.65 bits per heavy atom. The van der Waals surface area contributed by atoms with Crippen LogP contribution in [-0.2, 0) is 14.4 Å². The fourth-order valence-corrected chi connectivity index (χ4v) is 1.95. The van der Waals surface area contributed by atoms with Crippen molar-refractivity contribution in [3.05, 3.63) is 40.9 Å². The fourth-order valence-electron chi connectivity index (χ4n) is 1.82. The fraction of sp³-hybridized carbons (Fsp3) is 0.214. The van der Waals surface area contributed by atoms with Crippen molar-refractivity contribution in [2.45, 2.75) is 13.0 Å². The summed E-state index contributed by atoms with van der Waals surface area (Å²) in [5, 5.41) is 2.79. The molecule has 0 saturated carbocycles. The predicted molar refractivity (Wildman–Crippen MR) is 74.8 cm³/mol. The van der Waals surface area contributed by atoms with Crippen molar-refractivity contribution in [2.75, 3.05) is 6.54 Å². The van der Waals surface area contributed by atoms with Crippen LogP contribution in [0.15, 0.2) is 30.3 Å². The third-order valence-electron chi connectivity index (χ3n) is 2.99. The van der Waals surface area contributed by atoms with Crippen LogP contribution in [0.2, 0.25) is 5.02 Å². The number of rotatable bonds is 2. The minimum Gasteiger partial charge on any atom is -0.318 e. The van der Waals surface area contributed by atoms with Crippen LogP contribution in [-0.4, -0.2) is 35.2 Å². The van der Waals surface area contributed by atoms with Gasteiger partial charge in [0.25, 0.3) is 0 Å². The summed E-state index contributed by atoms with van der Waals surface area (Å²) in [6.07, 6.45) is 2.95. The number of carbonyl (C=O) groups is 3. The molecule has 1 heterocycles. The van der Waals surface area contributed by atoms with Crippen LogP contribution in [0.5, 0.6) is 0 Å². The number of carbonyl (C=O) groups excluding carboxylic acids is 3. The minimum absolute atomic E-state index is 0.114. The molecule has 1 aromatic rings. The van der Waals surface area contributed by atoms with Crippen LogP contribution in [0.3, 0.4) is 0 Å². The first-order valence-corrected chi connectivity index (χ1v) is 6.43. The molecular formula is C14H13ClN2O3. The largest absolute Gasteiger partial charge is 0.318 e. The van der Waals surface area contributed by atoms with E-state index in [-0.39, 0.29) is 12.5 Å². The second kappa shape index (κ2) is 5.88. The number of nitrogens with one attached hydrogen (secondary N) is 1. The first kappa shape index (κ1) is 14.3. The summed E-state index contributed by atoms with van der Waals surface area (Å²) in [5.74, 6) is -1.31. The summed E-state index contributed by atoms with van der Waals surface area (Å²) in [4.78, 5) is 36.0. The normalized spacial score (nSPS) is 19.3. The molecule has 0 radical (unpaired) electrons. The second-order valence-electron chi connectivity index (χ2n) is 4.44. The molecule has 104 valence electrons. The lowest BCUT2D eigenvalue weighted by Crippen LogP contribution is -2.58. The van der Waals surface area contributed by atoms with Gasteiger partial charge < -0.3 is 4.90 Å². The molecule has 1 fully saturated rings. The summed E-state index contributed by atoms with van der Waals surface area (Å²) in [6, 6.07) is 6.31. The van der Waals surface area contributed by atoms with E-state index in [2.05, 4.69) is 5.32 Å². The Balaban J connectivity index is 2.09. The molecule has 0 bridgehead atoms. The molecule has 1 aliphatic heterocycles. The zero-order chi connectivity index (χ0) is 14.7. The molecule has 1 N–H and O–H groups in total. The SMILES string of the molecule is CC1C(=O)NC(=O)CN1C(=O)C=Cc1ccc(Cl)cc1. The molecule has 1 unspecified atom stereocenters. The van der Waals surface area contributed by atoms with E-state index in [1.165, 1.54) is 11.0 Å². The van der Waals surface area contributed by atoms with E-state index in [0.717, 1.165) is 5.56 Å². The molecule has 0 aliphatic carbocycles. The van der Waals surface area contributed by atoms with Crippen LogP contribution in [0.1, 0.15) is 12.5 Å². The number of hydrogen-bond donors (Lipinski definition) is 1. The third kappa shape index (κ3) is 3.24. The van der Waals surface area contributed by atoms with Gasteiger partial charge in [0.15, 0.2) is 0 Å². The van der Waals surface area contributed by atoms with Gasteiger partial charge in [0, 0.05) is 11.1 Å². The quantitative estimate of drug-likeness (QED) is 0.658. The van der Waals surface area contributed by atoms with E-state index in [0.29, 0.717) is 5.02 Å². The van der Waals surface area contributed by atoms with Crippen molar-refractivity contribution in [1.29, 1.82) is 0 Å². The van der Waals surface area contributed by atoms with E-state index in [4.69, 9.17) is 11.6 Å². The van der Waals surface area contributed by atoms with E-state index >= 15 is 0 Å². The molecule has 0 aromatic heterocycles. The van der Waals surface area contributed by atoms with Crippen molar-refractivity contribution in [2.24, 2.45) is 0 Å². The van der Waals surface area contributed by atoms with E-state index in [9.17, 15) is 14.4 Å². The number of imide groups is 1. The van der Waals surface area contributed by atoms with E-state index in [1.807, 2.05) is 0 Å². The maximum absolute atomic E-state index is 12.0. The Hall–Kier alpha value is -2.14. The highest BCUT2D eigenvalue weighted by Gasteiger charge is 2.32. The molecule has 2 rings (SSSR count). The van der Waals surface area contributed by atoms with Gasteiger partial charge in [-0.05, 0) is 30.7 Å². The standard InChI is InChI=1S/C14H13ClN2O3/c1-9-14(20)16-12(18)8-17(9)13(19)7-4-10-2-5-11(15)6-3-10/h2-7,9H,8H2,1H3,(H,16,18,20). The van der Waals surface area contributed by atoms with Gasteiger partial charge in [-0.1, -0.05) is 23.7 Å². The van der Waals surface area contributed by atoms with Crippen molar-refractivity contribution in [1.82, 2.24) is 10.2 Å². The Morgan fingerprint density at radius 1 is 1.35 bits per heavy atom. The molecule has 0 spiro atoms. The second-order valence-corrected chi connectivity index (χ2v) is 4.88. The van der Waals surface area contributed by atoms with Crippen molar-refractivity contribution in [3.63, 3.8) is 0 Å².